The van der Waals surface area contributed by atoms with Gasteiger partial charge in [-0.05, 0) is 37.0 Å². The van der Waals surface area contributed by atoms with E-state index in [0.29, 0.717) is 22.9 Å². The van der Waals surface area contributed by atoms with Crippen LogP contribution in [0.1, 0.15) is 23.2 Å². The minimum atomic E-state index is -0.242. The SMILES string of the molecule is O=C(NCC(Br)C1CC1)c1cc(Br)ccc1O. The van der Waals surface area contributed by atoms with Crippen molar-refractivity contribution >= 4 is 37.8 Å². The van der Waals surface area contributed by atoms with E-state index in [0.717, 1.165) is 4.47 Å². The van der Waals surface area contributed by atoms with Crippen LogP contribution in [0.4, 0.5) is 0 Å². The van der Waals surface area contributed by atoms with Gasteiger partial charge in [0.25, 0.3) is 5.91 Å². The van der Waals surface area contributed by atoms with Crippen molar-refractivity contribution in [1.29, 1.82) is 0 Å². The molecule has 1 aliphatic rings. The van der Waals surface area contributed by atoms with Crippen molar-refractivity contribution < 1.29 is 9.90 Å². The number of nitrogens with one attached hydrogen (secondary N) is 1. The predicted octanol–water partition coefficient (Wildman–Crippen LogP) is 3.06. The van der Waals surface area contributed by atoms with Gasteiger partial charge in [-0.1, -0.05) is 31.9 Å². The van der Waals surface area contributed by atoms with Gasteiger partial charge in [-0.3, -0.25) is 4.79 Å². The number of hydrogen-bond acceptors (Lipinski definition) is 2. The zero-order valence-corrected chi connectivity index (χ0v) is 12.3. The molecule has 2 N–H and O–H groups in total. The average Bonchev–Trinajstić information content (AvgIpc) is 3.12. The summed E-state index contributed by atoms with van der Waals surface area (Å²) in [5.41, 5.74) is 0.301. The van der Waals surface area contributed by atoms with Gasteiger partial charge in [0.05, 0.1) is 5.56 Å². The maximum Gasteiger partial charge on any atom is 0.255 e. The van der Waals surface area contributed by atoms with Crippen LogP contribution in [0.5, 0.6) is 5.75 Å². The van der Waals surface area contributed by atoms with Gasteiger partial charge in [-0.15, -0.1) is 0 Å². The quantitative estimate of drug-likeness (QED) is 0.808. The first-order valence-corrected chi connectivity index (χ1v) is 7.19. The smallest absolute Gasteiger partial charge is 0.255 e. The highest BCUT2D eigenvalue weighted by Crippen LogP contribution is 2.36. The number of halogens is 2. The van der Waals surface area contributed by atoms with Crippen LogP contribution in [-0.2, 0) is 0 Å². The zero-order valence-electron chi connectivity index (χ0n) is 9.12. The topological polar surface area (TPSA) is 49.3 Å². The largest absolute Gasteiger partial charge is 0.507 e. The third-order valence-corrected chi connectivity index (χ3v) is 4.36. The third-order valence-electron chi connectivity index (χ3n) is 2.79. The fourth-order valence-electron chi connectivity index (χ4n) is 1.60. The second-order valence-corrected chi connectivity index (χ2v) is 6.32. The van der Waals surface area contributed by atoms with Crippen molar-refractivity contribution in [3.8, 4) is 5.75 Å². The summed E-state index contributed by atoms with van der Waals surface area (Å²) in [5, 5.41) is 12.4. The second-order valence-electron chi connectivity index (χ2n) is 4.22. The van der Waals surface area contributed by atoms with Gasteiger partial charge < -0.3 is 10.4 Å². The molecule has 0 aromatic heterocycles. The number of amides is 1. The first-order chi connectivity index (χ1) is 8.08. The minimum Gasteiger partial charge on any atom is -0.507 e. The molecule has 0 spiro atoms. The van der Waals surface area contributed by atoms with E-state index < -0.39 is 0 Å². The Hall–Kier alpha value is -0.550. The van der Waals surface area contributed by atoms with Gasteiger partial charge in [0.1, 0.15) is 5.75 Å². The van der Waals surface area contributed by atoms with Crippen LogP contribution in [0.15, 0.2) is 22.7 Å². The number of hydrogen-bond donors (Lipinski definition) is 2. The van der Waals surface area contributed by atoms with E-state index in [1.807, 2.05) is 0 Å². The summed E-state index contributed by atoms with van der Waals surface area (Å²) in [7, 11) is 0. The Kier molecular flexibility index (Phi) is 4.09. The molecule has 0 heterocycles. The lowest BCUT2D eigenvalue weighted by atomic mass is 10.2. The summed E-state index contributed by atoms with van der Waals surface area (Å²) in [4.78, 5) is 12.2. The molecule has 5 heteroatoms. The number of aromatic hydroxyl groups is 1. The summed E-state index contributed by atoms with van der Waals surface area (Å²) in [6.07, 6.45) is 2.46. The first-order valence-electron chi connectivity index (χ1n) is 5.48. The van der Waals surface area contributed by atoms with Gasteiger partial charge in [0.15, 0.2) is 0 Å². The molecule has 1 amide bonds. The molecule has 0 saturated heterocycles. The summed E-state index contributed by atoms with van der Waals surface area (Å²) in [6.45, 7) is 0.593. The van der Waals surface area contributed by atoms with Crippen molar-refractivity contribution in [3.63, 3.8) is 0 Å². The van der Waals surface area contributed by atoms with Crippen molar-refractivity contribution in [2.45, 2.75) is 17.7 Å². The zero-order chi connectivity index (χ0) is 12.4. The molecule has 1 aliphatic carbocycles. The Bertz CT molecular complexity index is 433. The van der Waals surface area contributed by atoms with E-state index in [1.165, 1.54) is 18.9 Å². The highest BCUT2D eigenvalue weighted by molar-refractivity contribution is 9.10. The fraction of sp³-hybridized carbons (Fsp3) is 0.417. The highest BCUT2D eigenvalue weighted by atomic mass is 79.9. The molecule has 2 rings (SSSR count). The number of rotatable bonds is 4. The molecular formula is C12H13Br2NO2. The molecule has 0 aliphatic heterocycles. The van der Waals surface area contributed by atoms with E-state index >= 15 is 0 Å². The normalized spacial score (nSPS) is 16.6. The average molecular weight is 363 g/mol. The number of carbonyl (C=O) groups excluding carboxylic acids is 1. The summed E-state index contributed by atoms with van der Waals surface area (Å²) in [5.74, 6) is 0.448. The number of phenols is 1. The van der Waals surface area contributed by atoms with Crippen LogP contribution in [0.2, 0.25) is 0 Å². The highest BCUT2D eigenvalue weighted by Gasteiger charge is 2.29. The number of phenolic OH excluding ortho intramolecular Hbond substituents is 1. The van der Waals surface area contributed by atoms with E-state index in [1.54, 1.807) is 12.1 Å². The molecule has 17 heavy (non-hydrogen) atoms. The minimum absolute atomic E-state index is 0.00300. The standard InChI is InChI=1S/C12H13Br2NO2/c13-8-3-4-11(16)9(5-8)12(17)15-6-10(14)7-1-2-7/h3-5,7,10,16H,1-2,6H2,(H,15,17). The van der Waals surface area contributed by atoms with Gasteiger partial charge in [-0.2, -0.15) is 0 Å². The van der Waals surface area contributed by atoms with Gasteiger partial charge in [0, 0.05) is 15.8 Å². The molecule has 0 radical (unpaired) electrons. The van der Waals surface area contributed by atoms with Crippen LogP contribution in [0, 0.1) is 5.92 Å². The Balaban J connectivity index is 1.96. The third kappa shape index (κ3) is 3.45. The number of alkyl halides is 1. The lowest BCUT2D eigenvalue weighted by molar-refractivity contribution is 0.0950. The van der Waals surface area contributed by atoms with Crippen molar-refractivity contribution in [2.75, 3.05) is 6.54 Å². The molecular weight excluding hydrogens is 350 g/mol. The summed E-state index contributed by atoms with van der Waals surface area (Å²) < 4.78 is 0.776. The monoisotopic (exact) mass is 361 g/mol. The lowest BCUT2D eigenvalue weighted by Crippen LogP contribution is -2.30. The Morgan fingerprint density at radius 3 is 2.88 bits per heavy atom. The molecule has 1 aromatic rings. The molecule has 1 fully saturated rings. The van der Waals surface area contributed by atoms with Gasteiger partial charge in [0.2, 0.25) is 0 Å². The molecule has 1 unspecified atom stereocenters. The molecule has 1 atom stereocenters. The molecule has 1 saturated carbocycles. The molecule has 3 nitrogen and oxygen atoms in total. The van der Waals surface area contributed by atoms with Crippen molar-refractivity contribution in [2.24, 2.45) is 5.92 Å². The maximum absolute atomic E-state index is 11.9. The van der Waals surface area contributed by atoms with E-state index in [9.17, 15) is 9.90 Å². The van der Waals surface area contributed by atoms with Crippen LogP contribution < -0.4 is 5.32 Å². The van der Waals surface area contributed by atoms with Crippen LogP contribution in [-0.4, -0.2) is 22.4 Å². The van der Waals surface area contributed by atoms with E-state index in [4.69, 9.17) is 0 Å². The first kappa shape index (κ1) is 12.9. The lowest BCUT2D eigenvalue weighted by Gasteiger charge is -2.11. The fourth-order valence-corrected chi connectivity index (χ4v) is 2.65. The van der Waals surface area contributed by atoms with Gasteiger partial charge in [-0.25, -0.2) is 0 Å². The Morgan fingerprint density at radius 2 is 2.24 bits per heavy atom. The molecule has 0 bridgehead atoms. The van der Waals surface area contributed by atoms with Gasteiger partial charge >= 0.3 is 0 Å². The summed E-state index contributed by atoms with van der Waals surface area (Å²) >= 11 is 6.83. The number of benzene rings is 1. The van der Waals surface area contributed by atoms with Crippen molar-refractivity contribution in [3.05, 3.63) is 28.2 Å². The molecule has 1 aromatic carbocycles. The summed E-state index contributed by atoms with van der Waals surface area (Å²) in [6, 6.07) is 4.82. The predicted molar refractivity (Wildman–Crippen MR) is 73.6 cm³/mol. The van der Waals surface area contributed by atoms with Crippen molar-refractivity contribution in [1.82, 2.24) is 5.32 Å². The second kappa shape index (κ2) is 5.40. The van der Waals surface area contributed by atoms with E-state index in [2.05, 4.69) is 37.2 Å². The van der Waals surface area contributed by atoms with E-state index in [-0.39, 0.29) is 11.7 Å². The van der Waals surface area contributed by atoms with Crippen LogP contribution >= 0.6 is 31.9 Å². The number of carbonyl (C=O) groups is 1. The maximum atomic E-state index is 11.9. The Labute approximate surface area is 117 Å². The van der Waals surface area contributed by atoms with Crippen LogP contribution in [0.3, 0.4) is 0 Å². The molecule has 92 valence electrons. The van der Waals surface area contributed by atoms with Crippen LogP contribution in [0.25, 0.3) is 0 Å². The Morgan fingerprint density at radius 1 is 1.53 bits per heavy atom.